The van der Waals surface area contributed by atoms with Crippen LogP contribution in [0.25, 0.3) is 0 Å². The molecule has 1 aliphatic heterocycles. The van der Waals surface area contributed by atoms with Crippen LogP contribution in [0.5, 0.6) is 0 Å². The van der Waals surface area contributed by atoms with Gasteiger partial charge in [0.2, 0.25) is 0 Å². The molecule has 0 aliphatic carbocycles. The fourth-order valence-electron chi connectivity index (χ4n) is 2.69. The first-order valence-electron chi connectivity index (χ1n) is 8.41. The van der Waals surface area contributed by atoms with Crippen LogP contribution in [0.1, 0.15) is 16.7 Å². The number of rotatable bonds is 4. The molecule has 0 atom stereocenters. The van der Waals surface area contributed by atoms with E-state index in [9.17, 15) is 22.7 Å². The van der Waals surface area contributed by atoms with Crippen molar-refractivity contribution >= 4 is 38.9 Å². The molecule has 0 spiro atoms. The lowest BCUT2D eigenvalue weighted by Gasteiger charge is -2.14. The first kappa shape index (κ1) is 21.1. The minimum atomic E-state index is -4.67. The van der Waals surface area contributed by atoms with E-state index in [1.807, 2.05) is 0 Å². The van der Waals surface area contributed by atoms with Crippen molar-refractivity contribution in [3.63, 3.8) is 0 Å². The lowest BCUT2D eigenvalue weighted by Crippen LogP contribution is -2.24. The highest BCUT2D eigenvalue weighted by atomic mass is 79.9. The summed E-state index contributed by atoms with van der Waals surface area (Å²) in [6.45, 7) is -0.500. The lowest BCUT2D eigenvalue weighted by molar-refractivity contribution is -0.137. The number of aliphatic imine (C=N–C) groups is 2. The highest BCUT2D eigenvalue weighted by molar-refractivity contribution is 9.09. The van der Waals surface area contributed by atoms with E-state index in [1.54, 1.807) is 6.07 Å². The summed E-state index contributed by atoms with van der Waals surface area (Å²) in [6.07, 6.45) is -4.67. The van der Waals surface area contributed by atoms with Gasteiger partial charge in [-0.05, 0) is 18.2 Å². The van der Waals surface area contributed by atoms with Crippen LogP contribution in [0, 0.1) is 5.82 Å². The van der Waals surface area contributed by atoms with E-state index in [2.05, 4.69) is 36.4 Å². The Hall–Kier alpha value is -2.59. The van der Waals surface area contributed by atoms with Crippen molar-refractivity contribution in [1.82, 2.24) is 5.43 Å². The molecule has 0 aromatic heterocycles. The number of amidine groups is 1. The summed E-state index contributed by atoms with van der Waals surface area (Å²) >= 11 is 3.14. The molecule has 0 saturated heterocycles. The van der Waals surface area contributed by atoms with Crippen molar-refractivity contribution < 1.29 is 22.7 Å². The van der Waals surface area contributed by atoms with E-state index in [0.29, 0.717) is 5.71 Å². The Labute approximate surface area is 172 Å². The molecular formula is C19H15BrF4N4O. The number of benzene rings is 2. The molecule has 1 heterocycles. The Morgan fingerprint density at radius 2 is 1.86 bits per heavy atom. The SMILES string of the molecule is OC/C(CBr)=N\NC1=Nc2c(cccc2C(F)(F)F)C(c2ccccc2F)=NC1. The summed E-state index contributed by atoms with van der Waals surface area (Å²) in [4.78, 5) is 8.40. The van der Waals surface area contributed by atoms with Crippen molar-refractivity contribution in [1.29, 1.82) is 0 Å². The number of hydrazone groups is 1. The number of halogens is 5. The van der Waals surface area contributed by atoms with Gasteiger partial charge >= 0.3 is 6.18 Å². The number of nitrogens with one attached hydrogen (secondary N) is 1. The molecule has 2 aromatic rings. The van der Waals surface area contributed by atoms with Gasteiger partial charge in [0.1, 0.15) is 11.7 Å². The molecule has 29 heavy (non-hydrogen) atoms. The molecule has 1 aliphatic rings. The van der Waals surface area contributed by atoms with Gasteiger partial charge in [-0.15, -0.1) is 0 Å². The minimum absolute atomic E-state index is 0.0289. The van der Waals surface area contributed by atoms with Crippen molar-refractivity contribution in [2.75, 3.05) is 18.5 Å². The maximum absolute atomic E-state index is 14.4. The highest BCUT2D eigenvalue weighted by Crippen LogP contribution is 2.40. The first-order valence-corrected chi connectivity index (χ1v) is 9.53. The number of hydrogen-bond acceptors (Lipinski definition) is 5. The zero-order chi connectivity index (χ0) is 21.0. The van der Waals surface area contributed by atoms with Gasteiger partial charge in [0.25, 0.3) is 0 Å². The average Bonchev–Trinajstić information content (AvgIpc) is 2.87. The zero-order valence-corrected chi connectivity index (χ0v) is 16.4. The molecule has 0 amide bonds. The zero-order valence-electron chi connectivity index (χ0n) is 14.8. The van der Waals surface area contributed by atoms with Crippen LogP contribution >= 0.6 is 15.9 Å². The van der Waals surface area contributed by atoms with E-state index < -0.39 is 17.6 Å². The standard InChI is InChI=1S/C19H15BrF4N4O/c20-8-11(10-29)27-28-16-9-25-17(12-4-1-2-7-15(12)21)13-5-3-6-14(18(13)26-16)19(22,23)24/h1-7,29H,8-10H2,(H,26,28)/b27-11-. The van der Waals surface area contributed by atoms with Gasteiger partial charge in [-0.2, -0.15) is 18.3 Å². The molecule has 0 unspecified atom stereocenters. The molecular weight excluding hydrogens is 456 g/mol. The summed E-state index contributed by atoms with van der Waals surface area (Å²) in [7, 11) is 0. The van der Waals surface area contributed by atoms with Gasteiger partial charge in [-0.25, -0.2) is 9.38 Å². The van der Waals surface area contributed by atoms with Crippen molar-refractivity contribution in [2.45, 2.75) is 6.18 Å². The number of aliphatic hydroxyl groups is 1. The van der Waals surface area contributed by atoms with Crippen LogP contribution in [0.2, 0.25) is 0 Å². The van der Waals surface area contributed by atoms with Gasteiger partial charge in [-0.1, -0.05) is 40.2 Å². The van der Waals surface area contributed by atoms with Gasteiger partial charge in [0, 0.05) is 16.5 Å². The second kappa shape index (κ2) is 8.83. The fraction of sp³-hybridized carbons (Fsp3) is 0.211. The number of hydrogen-bond donors (Lipinski definition) is 2. The summed E-state index contributed by atoms with van der Waals surface area (Å²) in [5, 5.41) is 13.4. The van der Waals surface area contributed by atoms with Crippen LogP contribution in [-0.2, 0) is 6.18 Å². The van der Waals surface area contributed by atoms with E-state index in [1.165, 1.54) is 30.3 Å². The minimum Gasteiger partial charge on any atom is -0.390 e. The van der Waals surface area contributed by atoms with E-state index in [-0.39, 0.29) is 46.8 Å². The summed E-state index contributed by atoms with van der Waals surface area (Å²) in [6, 6.07) is 9.28. The van der Waals surface area contributed by atoms with E-state index >= 15 is 0 Å². The van der Waals surface area contributed by atoms with E-state index in [4.69, 9.17) is 0 Å². The molecule has 152 valence electrons. The molecule has 2 aromatic carbocycles. The normalized spacial score (nSPS) is 14.6. The third kappa shape index (κ3) is 4.70. The predicted molar refractivity (Wildman–Crippen MR) is 107 cm³/mol. The molecule has 0 saturated carbocycles. The molecule has 0 radical (unpaired) electrons. The molecule has 0 bridgehead atoms. The Bertz CT molecular complexity index is 996. The number of aliphatic hydroxyl groups excluding tert-OH is 1. The van der Waals surface area contributed by atoms with Gasteiger partial charge in [0.05, 0.1) is 35.8 Å². The number of fused-ring (bicyclic) bond motifs is 1. The van der Waals surface area contributed by atoms with Gasteiger partial charge in [0.15, 0.2) is 0 Å². The van der Waals surface area contributed by atoms with E-state index in [0.717, 1.165) is 6.07 Å². The van der Waals surface area contributed by atoms with Crippen molar-refractivity contribution in [3.05, 3.63) is 65.0 Å². The van der Waals surface area contributed by atoms with Crippen LogP contribution in [0.3, 0.4) is 0 Å². The number of nitrogens with zero attached hydrogens (tertiary/aromatic N) is 3. The average molecular weight is 471 g/mol. The third-order valence-corrected chi connectivity index (χ3v) is 4.69. The van der Waals surface area contributed by atoms with Crippen LogP contribution in [0.4, 0.5) is 23.2 Å². The molecule has 5 nitrogen and oxygen atoms in total. The quantitative estimate of drug-likeness (QED) is 0.306. The topological polar surface area (TPSA) is 69.3 Å². The Morgan fingerprint density at radius 1 is 1.14 bits per heavy atom. The Kier molecular flexibility index (Phi) is 6.43. The highest BCUT2D eigenvalue weighted by Gasteiger charge is 2.36. The molecule has 0 fully saturated rings. The van der Waals surface area contributed by atoms with Gasteiger partial charge < -0.3 is 5.11 Å². The Morgan fingerprint density at radius 3 is 2.52 bits per heavy atom. The largest absolute Gasteiger partial charge is 0.418 e. The molecule has 3 rings (SSSR count). The molecule has 2 N–H and O–H groups in total. The maximum Gasteiger partial charge on any atom is 0.418 e. The molecule has 10 heteroatoms. The fourth-order valence-corrected chi connectivity index (χ4v) is 2.99. The number of alkyl halides is 4. The van der Waals surface area contributed by atoms with Crippen LogP contribution < -0.4 is 5.43 Å². The van der Waals surface area contributed by atoms with Crippen molar-refractivity contribution in [3.8, 4) is 0 Å². The summed E-state index contributed by atoms with van der Waals surface area (Å²) < 4.78 is 55.2. The Balaban J connectivity index is 2.18. The lowest BCUT2D eigenvalue weighted by atomic mass is 9.97. The number of para-hydroxylation sites is 1. The van der Waals surface area contributed by atoms with Gasteiger partial charge in [-0.3, -0.25) is 10.4 Å². The first-order chi connectivity index (χ1) is 13.8. The van der Waals surface area contributed by atoms with Crippen molar-refractivity contribution in [2.24, 2.45) is 15.1 Å². The second-order valence-corrected chi connectivity index (χ2v) is 6.54. The second-order valence-electron chi connectivity index (χ2n) is 5.98. The third-order valence-electron chi connectivity index (χ3n) is 4.04. The maximum atomic E-state index is 14.4. The smallest absolute Gasteiger partial charge is 0.390 e. The van der Waals surface area contributed by atoms with Crippen LogP contribution in [0.15, 0.2) is 57.6 Å². The predicted octanol–water partition coefficient (Wildman–Crippen LogP) is 4.06. The monoisotopic (exact) mass is 470 g/mol. The van der Waals surface area contributed by atoms with Crippen LogP contribution in [-0.4, -0.2) is 40.8 Å². The summed E-state index contributed by atoms with van der Waals surface area (Å²) in [5.74, 6) is -0.577. The summed E-state index contributed by atoms with van der Waals surface area (Å²) in [5.41, 5.74) is 1.73.